The molecule has 106 valence electrons. The van der Waals surface area contributed by atoms with Gasteiger partial charge in [0.15, 0.2) is 9.84 Å². The summed E-state index contributed by atoms with van der Waals surface area (Å²) in [5, 5.41) is 0. The lowest BCUT2D eigenvalue weighted by Crippen LogP contribution is -2.17. The summed E-state index contributed by atoms with van der Waals surface area (Å²) in [7, 11) is -3.12. The van der Waals surface area contributed by atoms with E-state index in [0.29, 0.717) is 17.7 Å². The molecule has 0 aromatic heterocycles. The van der Waals surface area contributed by atoms with E-state index in [1.807, 2.05) is 0 Å². The maximum atomic E-state index is 11.7. The van der Waals surface area contributed by atoms with Crippen LogP contribution in [0.5, 0.6) is 0 Å². The van der Waals surface area contributed by atoms with Crippen LogP contribution in [0, 0.1) is 6.92 Å². The fourth-order valence-electron chi connectivity index (χ4n) is 1.56. The number of hydrogen-bond donors (Lipinski definition) is 1. The Balaban J connectivity index is 2.54. The third-order valence-corrected chi connectivity index (χ3v) is 4.47. The first-order valence-corrected chi connectivity index (χ1v) is 7.91. The number of carbonyl (C=O) groups excluding carboxylic acids is 1. The molecule has 0 aliphatic carbocycles. The van der Waals surface area contributed by atoms with Crippen molar-refractivity contribution in [2.75, 3.05) is 23.8 Å². The Kier molecular flexibility index (Phi) is 5.35. The van der Waals surface area contributed by atoms with E-state index in [1.165, 1.54) is 0 Å². The molecule has 19 heavy (non-hydrogen) atoms. The van der Waals surface area contributed by atoms with E-state index in [0.717, 1.165) is 5.56 Å². The van der Waals surface area contributed by atoms with Gasteiger partial charge in [0, 0.05) is 5.69 Å². The number of nitrogens with two attached hydrogens (primary N) is 1. The number of nitrogen functional groups attached to an aromatic ring is 1. The van der Waals surface area contributed by atoms with Crippen LogP contribution in [0.2, 0.25) is 0 Å². The minimum absolute atomic E-state index is 0.117. The second-order valence-corrected chi connectivity index (χ2v) is 6.66. The van der Waals surface area contributed by atoms with Gasteiger partial charge in [-0.15, -0.1) is 0 Å². The van der Waals surface area contributed by atoms with E-state index in [4.69, 9.17) is 10.5 Å². The van der Waals surface area contributed by atoms with Crippen LogP contribution in [-0.4, -0.2) is 32.5 Å². The molecule has 0 aliphatic heterocycles. The molecule has 0 saturated heterocycles. The summed E-state index contributed by atoms with van der Waals surface area (Å²) in [6, 6.07) is 4.81. The lowest BCUT2D eigenvalue weighted by molar-refractivity contribution is 0.0529. The topological polar surface area (TPSA) is 86.5 Å². The standard InChI is InChI=1S/C13H19NO4S/c1-3-7-19(16,17)8-6-18-13(15)11-4-5-12(14)10(2)9-11/h4-5,9H,3,6-8,14H2,1-2H3. The highest BCUT2D eigenvalue weighted by atomic mass is 32.2. The predicted octanol–water partition coefficient (Wildman–Crippen LogP) is 1.56. The number of sulfone groups is 1. The number of carbonyl (C=O) groups is 1. The summed E-state index contributed by atoms with van der Waals surface area (Å²) in [5.41, 5.74) is 7.41. The van der Waals surface area contributed by atoms with E-state index in [1.54, 1.807) is 32.0 Å². The first-order valence-electron chi connectivity index (χ1n) is 6.09. The van der Waals surface area contributed by atoms with Crippen LogP contribution < -0.4 is 5.73 Å². The third kappa shape index (κ3) is 4.90. The maximum Gasteiger partial charge on any atom is 0.338 e. The second kappa shape index (κ2) is 6.56. The van der Waals surface area contributed by atoms with E-state index >= 15 is 0 Å². The summed E-state index contributed by atoms with van der Waals surface area (Å²) in [5.74, 6) is -0.554. The molecule has 0 saturated carbocycles. The zero-order chi connectivity index (χ0) is 14.5. The summed E-state index contributed by atoms with van der Waals surface area (Å²) in [4.78, 5) is 11.7. The highest BCUT2D eigenvalue weighted by Crippen LogP contribution is 2.13. The Morgan fingerprint density at radius 3 is 2.58 bits per heavy atom. The van der Waals surface area contributed by atoms with Crippen molar-refractivity contribution in [1.29, 1.82) is 0 Å². The smallest absolute Gasteiger partial charge is 0.338 e. The highest BCUT2D eigenvalue weighted by molar-refractivity contribution is 7.91. The molecule has 1 aromatic rings. The van der Waals surface area contributed by atoms with Crippen molar-refractivity contribution in [2.24, 2.45) is 0 Å². The predicted molar refractivity (Wildman–Crippen MR) is 74.8 cm³/mol. The Hall–Kier alpha value is -1.56. The molecule has 0 aliphatic rings. The van der Waals surface area contributed by atoms with E-state index < -0.39 is 15.8 Å². The molecule has 0 unspecified atom stereocenters. The Bertz CT molecular complexity index is 552. The number of aryl methyl sites for hydroxylation is 1. The van der Waals surface area contributed by atoms with Gasteiger partial charge in [0.1, 0.15) is 6.61 Å². The van der Waals surface area contributed by atoms with Crippen LogP contribution >= 0.6 is 0 Å². The van der Waals surface area contributed by atoms with Crippen molar-refractivity contribution in [3.8, 4) is 0 Å². The number of esters is 1. The second-order valence-electron chi connectivity index (χ2n) is 4.36. The molecule has 0 bridgehead atoms. The quantitative estimate of drug-likeness (QED) is 0.633. The van der Waals surface area contributed by atoms with Gasteiger partial charge in [-0.25, -0.2) is 13.2 Å². The summed E-state index contributed by atoms with van der Waals surface area (Å²) in [6.45, 7) is 3.46. The van der Waals surface area contributed by atoms with Crippen LogP contribution in [0.25, 0.3) is 0 Å². The minimum Gasteiger partial charge on any atom is -0.461 e. The molecule has 1 aromatic carbocycles. The Morgan fingerprint density at radius 1 is 1.32 bits per heavy atom. The number of rotatable bonds is 6. The van der Waals surface area contributed by atoms with Gasteiger partial charge in [-0.05, 0) is 37.1 Å². The molecule has 2 N–H and O–H groups in total. The molecule has 0 radical (unpaired) electrons. The van der Waals surface area contributed by atoms with E-state index in [9.17, 15) is 13.2 Å². The average Bonchev–Trinajstić information content (AvgIpc) is 2.32. The first kappa shape index (κ1) is 15.5. The number of benzene rings is 1. The van der Waals surface area contributed by atoms with Crippen LogP contribution in [-0.2, 0) is 14.6 Å². The molecule has 6 heteroatoms. The van der Waals surface area contributed by atoms with Crippen molar-refractivity contribution in [3.05, 3.63) is 29.3 Å². The van der Waals surface area contributed by atoms with Crippen molar-refractivity contribution >= 4 is 21.5 Å². The van der Waals surface area contributed by atoms with Gasteiger partial charge in [-0.1, -0.05) is 6.92 Å². The number of hydrogen-bond acceptors (Lipinski definition) is 5. The molecule has 1 rings (SSSR count). The molecule has 0 spiro atoms. The molecule has 0 amide bonds. The van der Waals surface area contributed by atoms with E-state index in [2.05, 4.69) is 0 Å². The van der Waals surface area contributed by atoms with Crippen LogP contribution in [0.3, 0.4) is 0 Å². The van der Waals surface area contributed by atoms with Gasteiger partial charge in [0.2, 0.25) is 0 Å². The Labute approximate surface area is 113 Å². The Morgan fingerprint density at radius 2 is 2.00 bits per heavy atom. The first-order chi connectivity index (χ1) is 8.85. The summed E-state index contributed by atoms with van der Waals surface area (Å²) >= 11 is 0. The highest BCUT2D eigenvalue weighted by Gasteiger charge is 2.12. The fourth-order valence-corrected chi connectivity index (χ4v) is 2.72. The maximum absolute atomic E-state index is 11.7. The molecule has 0 heterocycles. The van der Waals surface area contributed by atoms with Gasteiger partial charge >= 0.3 is 5.97 Å². The van der Waals surface area contributed by atoms with Crippen molar-refractivity contribution in [1.82, 2.24) is 0 Å². The fraction of sp³-hybridized carbons (Fsp3) is 0.462. The van der Waals surface area contributed by atoms with Crippen molar-refractivity contribution in [2.45, 2.75) is 20.3 Å². The SMILES string of the molecule is CCCS(=O)(=O)CCOC(=O)c1ccc(N)c(C)c1. The van der Waals surface area contributed by atoms with Gasteiger partial charge in [0.05, 0.1) is 17.1 Å². The van der Waals surface area contributed by atoms with Crippen molar-refractivity contribution < 1.29 is 17.9 Å². The number of anilines is 1. The number of ether oxygens (including phenoxy) is 1. The molecule has 0 atom stereocenters. The molecular weight excluding hydrogens is 266 g/mol. The lowest BCUT2D eigenvalue weighted by atomic mass is 10.1. The van der Waals surface area contributed by atoms with Gasteiger partial charge in [-0.2, -0.15) is 0 Å². The van der Waals surface area contributed by atoms with Gasteiger partial charge in [-0.3, -0.25) is 0 Å². The molecule has 5 nitrogen and oxygen atoms in total. The van der Waals surface area contributed by atoms with Crippen LogP contribution in [0.1, 0.15) is 29.3 Å². The third-order valence-electron chi connectivity index (χ3n) is 2.65. The van der Waals surface area contributed by atoms with Gasteiger partial charge < -0.3 is 10.5 Å². The average molecular weight is 285 g/mol. The van der Waals surface area contributed by atoms with Crippen molar-refractivity contribution in [3.63, 3.8) is 0 Å². The summed E-state index contributed by atoms with van der Waals surface area (Å²) < 4.78 is 27.8. The van der Waals surface area contributed by atoms with Gasteiger partial charge in [0.25, 0.3) is 0 Å². The lowest BCUT2D eigenvalue weighted by Gasteiger charge is -2.07. The summed E-state index contributed by atoms with van der Waals surface area (Å²) in [6.07, 6.45) is 0.563. The zero-order valence-electron chi connectivity index (χ0n) is 11.2. The van der Waals surface area contributed by atoms with Crippen LogP contribution in [0.4, 0.5) is 5.69 Å². The molecule has 0 fully saturated rings. The van der Waals surface area contributed by atoms with E-state index in [-0.39, 0.29) is 18.1 Å². The largest absolute Gasteiger partial charge is 0.461 e. The normalized spacial score (nSPS) is 11.3. The zero-order valence-corrected chi connectivity index (χ0v) is 12.0. The minimum atomic E-state index is -3.12. The molecular formula is C13H19NO4S. The van der Waals surface area contributed by atoms with Crippen LogP contribution in [0.15, 0.2) is 18.2 Å². The monoisotopic (exact) mass is 285 g/mol.